The largest absolute Gasteiger partial charge is 0.269 e. The van der Waals surface area contributed by atoms with Gasteiger partial charge >= 0.3 is 0 Å². The van der Waals surface area contributed by atoms with Gasteiger partial charge in [0, 0.05) is 5.75 Å². The Morgan fingerprint density at radius 1 is 1.33 bits per heavy atom. The van der Waals surface area contributed by atoms with Crippen molar-refractivity contribution in [3.63, 3.8) is 0 Å². The molecule has 2 heterocycles. The Kier molecular flexibility index (Phi) is 3.74. The van der Waals surface area contributed by atoms with E-state index >= 15 is 0 Å². The van der Waals surface area contributed by atoms with Crippen LogP contribution in [0.15, 0.2) is 40.5 Å². The maximum Gasteiger partial charge on any atom is 0.269 e. The normalized spacial score (nSPS) is 11.4. The molecule has 0 saturated heterocycles. The Labute approximate surface area is 125 Å². The molecule has 0 saturated carbocycles. The minimum Gasteiger partial charge on any atom is -0.268 e. The van der Waals surface area contributed by atoms with Crippen molar-refractivity contribution in [2.24, 2.45) is 5.92 Å². The number of hydrogen-bond acceptors (Lipinski definition) is 5. The van der Waals surface area contributed by atoms with Crippen molar-refractivity contribution in [1.29, 1.82) is 0 Å². The van der Waals surface area contributed by atoms with Gasteiger partial charge in [-0.05, 0) is 18.1 Å². The average Bonchev–Trinajstić information content (AvgIpc) is 2.99. The molecule has 3 rings (SSSR count). The number of hydrogen-bond donors (Lipinski definition) is 1. The number of benzene rings is 1. The van der Waals surface area contributed by atoms with E-state index in [2.05, 4.69) is 34.0 Å². The number of aromatic nitrogens is 5. The Balaban J connectivity index is 2.23. The zero-order valence-corrected chi connectivity index (χ0v) is 12.6. The van der Waals surface area contributed by atoms with E-state index in [1.165, 1.54) is 10.9 Å². The molecule has 0 bridgehead atoms. The van der Waals surface area contributed by atoms with Gasteiger partial charge in [0.2, 0.25) is 5.95 Å². The molecule has 1 aromatic carbocycles. The van der Waals surface area contributed by atoms with Crippen LogP contribution >= 0.6 is 11.8 Å². The summed E-state index contributed by atoms with van der Waals surface area (Å²) in [5.74, 6) is 1.77. The van der Waals surface area contributed by atoms with Crippen LogP contribution in [-0.2, 0) is 0 Å². The standard InChI is InChI=1S/C14H15N5OS/c1-9(2)7-21-14-17-11-6-4-3-5-10(11)12(20)19(14)13-15-8-16-18-13/h3-6,8-9H,7H2,1-2H3,(H,15,16,18). The highest BCUT2D eigenvalue weighted by atomic mass is 32.2. The van der Waals surface area contributed by atoms with Crippen molar-refractivity contribution in [2.75, 3.05) is 5.75 Å². The maximum absolute atomic E-state index is 12.7. The summed E-state index contributed by atoms with van der Waals surface area (Å²) in [7, 11) is 0. The number of rotatable bonds is 4. The fourth-order valence-corrected chi connectivity index (χ4v) is 2.89. The second-order valence-corrected chi connectivity index (χ2v) is 6.05. The minimum atomic E-state index is -0.136. The number of thioether (sulfide) groups is 1. The third-order valence-electron chi connectivity index (χ3n) is 2.90. The molecule has 108 valence electrons. The van der Waals surface area contributed by atoms with E-state index in [1.807, 2.05) is 18.2 Å². The molecular weight excluding hydrogens is 286 g/mol. The molecule has 0 unspecified atom stereocenters. The van der Waals surface area contributed by atoms with Crippen molar-refractivity contribution < 1.29 is 0 Å². The van der Waals surface area contributed by atoms with Gasteiger partial charge in [-0.25, -0.2) is 14.6 Å². The summed E-state index contributed by atoms with van der Waals surface area (Å²) in [4.78, 5) is 21.4. The van der Waals surface area contributed by atoms with E-state index in [0.29, 0.717) is 27.9 Å². The van der Waals surface area contributed by atoms with Crippen molar-refractivity contribution in [1.82, 2.24) is 24.7 Å². The van der Waals surface area contributed by atoms with Crippen LogP contribution in [0.25, 0.3) is 16.9 Å². The van der Waals surface area contributed by atoms with Gasteiger partial charge in [-0.1, -0.05) is 37.7 Å². The first-order valence-corrected chi connectivity index (χ1v) is 7.65. The van der Waals surface area contributed by atoms with Crippen LogP contribution in [0.4, 0.5) is 0 Å². The third kappa shape index (κ3) is 2.69. The van der Waals surface area contributed by atoms with Crippen LogP contribution < -0.4 is 5.56 Å². The topological polar surface area (TPSA) is 76.5 Å². The molecule has 0 aliphatic rings. The molecule has 0 radical (unpaired) electrons. The zero-order chi connectivity index (χ0) is 14.8. The van der Waals surface area contributed by atoms with Gasteiger partial charge < -0.3 is 0 Å². The number of fused-ring (bicyclic) bond motifs is 1. The van der Waals surface area contributed by atoms with Gasteiger partial charge in [0.25, 0.3) is 5.56 Å². The lowest BCUT2D eigenvalue weighted by atomic mass is 10.2. The summed E-state index contributed by atoms with van der Waals surface area (Å²) in [5.41, 5.74) is 0.563. The summed E-state index contributed by atoms with van der Waals surface area (Å²) >= 11 is 1.55. The second kappa shape index (κ2) is 5.69. The van der Waals surface area contributed by atoms with Gasteiger partial charge in [-0.15, -0.1) is 0 Å². The minimum absolute atomic E-state index is 0.136. The van der Waals surface area contributed by atoms with E-state index in [9.17, 15) is 4.79 Å². The van der Waals surface area contributed by atoms with Crippen LogP contribution in [0.5, 0.6) is 0 Å². The average molecular weight is 301 g/mol. The molecule has 0 fully saturated rings. The Morgan fingerprint density at radius 3 is 2.86 bits per heavy atom. The van der Waals surface area contributed by atoms with Crippen LogP contribution in [0.2, 0.25) is 0 Å². The van der Waals surface area contributed by atoms with E-state index in [4.69, 9.17) is 0 Å². The molecule has 3 aromatic rings. The number of nitrogens with zero attached hydrogens (tertiary/aromatic N) is 4. The molecule has 0 atom stereocenters. The lowest BCUT2D eigenvalue weighted by molar-refractivity contribution is 0.735. The fraction of sp³-hybridized carbons (Fsp3) is 0.286. The van der Waals surface area contributed by atoms with Crippen molar-refractivity contribution in [3.05, 3.63) is 40.9 Å². The molecule has 0 aliphatic carbocycles. The van der Waals surface area contributed by atoms with Crippen molar-refractivity contribution in [3.8, 4) is 5.95 Å². The predicted octanol–water partition coefficient (Wildman–Crippen LogP) is 2.25. The molecule has 0 spiro atoms. The maximum atomic E-state index is 12.7. The lowest BCUT2D eigenvalue weighted by Crippen LogP contribution is -2.23. The highest BCUT2D eigenvalue weighted by molar-refractivity contribution is 7.99. The van der Waals surface area contributed by atoms with E-state index in [-0.39, 0.29) is 5.56 Å². The first kappa shape index (κ1) is 13.8. The SMILES string of the molecule is CC(C)CSc1nc2ccccc2c(=O)n1-c1ncn[nH]1. The summed E-state index contributed by atoms with van der Waals surface area (Å²) in [6, 6.07) is 7.33. The van der Waals surface area contributed by atoms with Gasteiger partial charge in [0.1, 0.15) is 6.33 Å². The van der Waals surface area contributed by atoms with E-state index < -0.39 is 0 Å². The summed E-state index contributed by atoms with van der Waals surface area (Å²) in [6.45, 7) is 4.26. The molecule has 1 N–H and O–H groups in total. The number of nitrogens with one attached hydrogen (secondary N) is 1. The molecule has 0 amide bonds. The van der Waals surface area contributed by atoms with Gasteiger partial charge in [0.05, 0.1) is 10.9 Å². The van der Waals surface area contributed by atoms with Crippen LogP contribution in [-0.4, -0.2) is 30.5 Å². The van der Waals surface area contributed by atoms with Crippen molar-refractivity contribution >= 4 is 22.7 Å². The summed E-state index contributed by atoms with van der Waals surface area (Å²) in [6.07, 6.45) is 1.38. The Bertz CT molecular complexity index is 810. The second-order valence-electron chi connectivity index (χ2n) is 5.07. The quantitative estimate of drug-likeness (QED) is 0.591. The van der Waals surface area contributed by atoms with Gasteiger partial charge in [-0.3, -0.25) is 4.79 Å². The molecule has 6 nitrogen and oxygen atoms in total. The zero-order valence-electron chi connectivity index (χ0n) is 11.8. The van der Waals surface area contributed by atoms with Crippen LogP contribution in [0.3, 0.4) is 0 Å². The first-order chi connectivity index (χ1) is 10.2. The number of aromatic amines is 1. The highest BCUT2D eigenvalue weighted by Gasteiger charge is 2.15. The van der Waals surface area contributed by atoms with Crippen LogP contribution in [0, 0.1) is 5.92 Å². The number of para-hydroxylation sites is 1. The summed E-state index contributed by atoms with van der Waals surface area (Å²) < 4.78 is 1.49. The van der Waals surface area contributed by atoms with Gasteiger partial charge in [0.15, 0.2) is 5.16 Å². The van der Waals surface area contributed by atoms with Crippen molar-refractivity contribution in [2.45, 2.75) is 19.0 Å². The third-order valence-corrected chi connectivity index (χ3v) is 4.27. The van der Waals surface area contributed by atoms with Gasteiger partial charge in [-0.2, -0.15) is 10.1 Å². The first-order valence-electron chi connectivity index (χ1n) is 6.67. The van der Waals surface area contributed by atoms with E-state index in [0.717, 1.165) is 5.75 Å². The highest BCUT2D eigenvalue weighted by Crippen LogP contribution is 2.21. The molecule has 21 heavy (non-hydrogen) atoms. The molecule has 7 heteroatoms. The predicted molar refractivity (Wildman–Crippen MR) is 82.8 cm³/mol. The molecule has 0 aliphatic heterocycles. The fourth-order valence-electron chi connectivity index (χ4n) is 1.94. The number of H-pyrrole nitrogens is 1. The monoisotopic (exact) mass is 301 g/mol. The Morgan fingerprint density at radius 2 is 2.14 bits per heavy atom. The van der Waals surface area contributed by atoms with E-state index in [1.54, 1.807) is 17.8 Å². The Hall–Kier alpha value is -2.15. The molecule has 2 aromatic heterocycles. The summed E-state index contributed by atoms with van der Waals surface area (Å²) in [5, 5.41) is 7.76. The van der Waals surface area contributed by atoms with Crippen LogP contribution in [0.1, 0.15) is 13.8 Å². The lowest BCUT2D eigenvalue weighted by Gasteiger charge is -2.11. The molecular formula is C14H15N5OS. The smallest absolute Gasteiger partial charge is 0.268 e.